The van der Waals surface area contributed by atoms with Crippen molar-refractivity contribution in [1.82, 2.24) is 10.6 Å². The maximum absolute atomic E-state index is 13.4. The molecule has 31 heavy (non-hydrogen) atoms. The van der Waals surface area contributed by atoms with Gasteiger partial charge in [0.05, 0.1) is 5.02 Å². The van der Waals surface area contributed by atoms with Crippen LogP contribution in [0, 0.1) is 5.82 Å². The van der Waals surface area contributed by atoms with Gasteiger partial charge in [-0.15, -0.1) is 0 Å². The highest BCUT2D eigenvalue weighted by Crippen LogP contribution is 2.24. The van der Waals surface area contributed by atoms with Crippen LogP contribution in [0.15, 0.2) is 53.3 Å². The first-order valence-corrected chi connectivity index (χ1v) is 11.1. The second-order valence-electron chi connectivity index (χ2n) is 7.30. The summed E-state index contributed by atoms with van der Waals surface area (Å²) >= 11 is 10.0. The Hall–Kier alpha value is -2.25. The van der Waals surface area contributed by atoms with Gasteiger partial charge in [-0.25, -0.2) is 4.39 Å². The topological polar surface area (TPSA) is 67.4 Å². The van der Waals surface area contributed by atoms with E-state index in [1.54, 1.807) is 0 Å². The maximum atomic E-state index is 13.4. The summed E-state index contributed by atoms with van der Waals surface area (Å²) in [7, 11) is 0. The minimum Gasteiger partial charge on any atom is -0.484 e. The van der Waals surface area contributed by atoms with Crippen molar-refractivity contribution in [3.8, 4) is 5.75 Å². The molecule has 2 rings (SSSR count). The van der Waals surface area contributed by atoms with Gasteiger partial charge in [0.1, 0.15) is 11.6 Å². The lowest BCUT2D eigenvalue weighted by atomic mass is 10.0. The van der Waals surface area contributed by atoms with Crippen molar-refractivity contribution in [2.75, 3.05) is 18.9 Å². The van der Waals surface area contributed by atoms with E-state index in [0.717, 1.165) is 36.7 Å². The van der Waals surface area contributed by atoms with Gasteiger partial charge in [-0.05, 0) is 55.9 Å². The highest BCUT2D eigenvalue weighted by Gasteiger charge is 2.12. The molecule has 0 saturated carbocycles. The summed E-state index contributed by atoms with van der Waals surface area (Å²) in [5.74, 6) is -0.256. The van der Waals surface area contributed by atoms with E-state index >= 15 is 0 Å². The van der Waals surface area contributed by atoms with Crippen LogP contribution in [0.25, 0.3) is 0 Å². The monoisotopic (exact) mass is 466 g/mol. The summed E-state index contributed by atoms with van der Waals surface area (Å²) in [5.41, 5.74) is 4.08. The van der Waals surface area contributed by atoms with Gasteiger partial charge in [-0.2, -0.15) is 12.6 Å². The lowest BCUT2D eigenvalue weighted by molar-refractivity contribution is -0.123. The van der Waals surface area contributed by atoms with Crippen LogP contribution in [0.4, 0.5) is 4.39 Å². The Labute approximate surface area is 193 Å². The zero-order valence-corrected chi connectivity index (χ0v) is 19.3. The summed E-state index contributed by atoms with van der Waals surface area (Å²) in [4.78, 5) is 24.1. The van der Waals surface area contributed by atoms with Gasteiger partial charge in [-0.1, -0.05) is 29.8 Å². The lowest BCUT2D eigenvalue weighted by Crippen LogP contribution is -2.30. The first-order valence-electron chi connectivity index (χ1n) is 10.1. The summed E-state index contributed by atoms with van der Waals surface area (Å²) in [6.45, 7) is 6.02. The Morgan fingerprint density at radius 1 is 1.29 bits per heavy atom. The number of carbonyl (C=O) groups excluding carboxylic acids is 2. The van der Waals surface area contributed by atoms with E-state index in [4.69, 9.17) is 16.3 Å². The molecule has 2 amide bonds. The molecule has 0 fully saturated rings. The quantitative estimate of drug-likeness (QED) is 0.436. The molecule has 8 heteroatoms. The highest BCUT2D eigenvalue weighted by molar-refractivity contribution is 7.80. The minimum atomic E-state index is -0.623. The van der Waals surface area contributed by atoms with E-state index in [1.165, 1.54) is 23.3 Å². The number of nitrogens with one attached hydrogen (secondary N) is 2. The predicted molar refractivity (Wildman–Crippen MR) is 125 cm³/mol. The van der Waals surface area contributed by atoms with Crippen LogP contribution in [-0.2, 0) is 9.59 Å². The normalized spacial score (nSPS) is 13.9. The second kappa shape index (κ2) is 12.6. The third-order valence-corrected chi connectivity index (χ3v) is 5.67. The molecule has 1 aromatic carbocycles. The molecule has 0 aromatic heterocycles. The fourth-order valence-corrected chi connectivity index (χ4v) is 3.63. The third kappa shape index (κ3) is 8.42. The smallest absolute Gasteiger partial charge is 0.262 e. The average molecular weight is 467 g/mol. The molecular formula is C23H28ClFN2O3S. The van der Waals surface area contributed by atoms with Crippen molar-refractivity contribution in [1.29, 1.82) is 0 Å². The standard InChI is InChI=1S/C23H28ClFN2O3S/c1-15(27-23(29)13-30-19-8-9-20(24)21(25)11-19)7-10-22(28)26-12-17-5-3-4-6-18(14-31)16(17)2/h5,8-9,11,31H,1,3-4,6-7,10,12-14H2,2H3,(H,26,28)(H,27,29). The average Bonchev–Trinajstić information content (AvgIpc) is 2.92. The van der Waals surface area contributed by atoms with Crippen LogP contribution < -0.4 is 15.4 Å². The first-order chi connectivity index (χ1) is 14.8. The number of allylic oxidation sites excluding steroid dienone is 2. The molecule has 168 valence electrons. The number of thiol groups is 1. The summed E-state index contributed by atoms with van der Waals surface area (Å²) in [5, 5.41) is 5.49. The summed E-state index contributed by atoms with van der Waals surface area (Å²) in [6.07, 6.45) is 5.83. The number of hydrogen-bond donors (Lipinski definition) is 3. The van der Waals surface area contributed by atoms with Gasteiger partial charge in [0.25, 0.3) is 5.91 Å². The molecule has 0 spiro atoms. The minimum absolute atomic E-state index is 0.0212. The van der Waals surface area contributed by atoms with E-state index < -0.39 is 11.7 Å². The van der Waals surface area contributed by atoms with E-state index in [1.807, 2.05) is 0 Å². The van der Waals surface area contributed by atoms with Gasteiger partial charge in [0.15, 0.2) is 6.61 Å². The van der Waals surface area contributed by atoms with Crippen molar-refractivity contribution >= 4 is 36.0 Å². The van der Waals surface area contributed by atoms with Gasteiger partial charge in [0, 0.05) is 30.5 Å². The zero-order chi connectivity index (χ0) is 22.8. The van der Waals surface area contributed by atoms with Gasteiger partial charge < -0.3 is 15.4 Å². The van der Waals surface area contributed by atoms with Crippen LogP contribution in [-0.4, -0.2) is 30.7 Å². The molecule has 0 heterocycles. The van der Waals surface area contributed by atoms with Crippen LogP contribution in [0.5, 0.6) is 5.75 Å². The Morgan fingerprint density at radius 2 is 2.06 bits per heavy atom. The van der Waals surface area contributed by atoms with Gasteiger partial charge in [0.2, 0.25) is 5.91 Å². The van der Waals surface area contributed by atoms with E-state index in [-0.39, 0.29) is 29.7 Å². The Bertz CT molecular complexity index is 899. The maximum Gasteiger partial charge on any atom is 0.262 e. The molecular weight excluding hydrogens is 439 g/mol. The fraction of sp³-hybridized carbons (Fsp3) is 0.391. The zero-order valence-electron chi connectivity index (χ0n) is 17.6. The molecule has 2 N–H and O–H groups in total. The van der Waals surface area contributed by atoms with E-state index in [9.17, 15) is 14.0 Å². The molecule has 1 aliphatic rings. The molecule has 1 aliphatic carbocycles. The largest absolute Gasteiger partial charge is 0.484 e. The summed E-state index contributed by atoms with van der Waals surface area (Å²) < 4.78 is 18.6. The van der Waals surface area contributed by atoms with Crippen molar-refractivity contribution in [2.24, 2.45) is 0 Å². The number of carbonyl (C=O) groups is 2. The number of hydrogen-bond acceptors (Lipinski definition) is 4. The SMILES string of the molecule is C=C(CCC(=O)NCC1=CCCCC(CS)=C1C)NC(=O)COc1ccc(Cl)c(F)c1. The predicted octanol–water partition coefficient (Wildman–Crippen LogP) is 4.74. The molecule has 0 unspecified atom stereocenters. The van der Waals surface area contributed by atoms with Crippen LogP contribution in [0.2, 0.25) is 5.02 Å². The first kappa shape index (κ1) is 25.0. The van der Waals surface area contributed by atoms with Crippen LogP contribution >= 0.6 is 24.2 Å². The van der Waals surface area contributed by atoms with E-state index in [0.29, 0.717) is 18.7 Å². The number of rotatable bonds is 10. The Balaban J connectivity index is 1.70. The van der Waals surface area contributed by atoms with Crippen LogP contribution in [0.1, 0.15) is 39.0 Å². The van der Waals surface area contributed by atoms with Crippen molar-refractivity contribution in [2.45, 2.75) is 39.0 Å². The van der Waals surface area contributed by atoms with Crippen molar-refractivity contribution in [3.05, 3.63) is 64.1 Å². The van der Waals surface area contributed by atoms with Crippen molar-refractivity contribution in [3.63, 3.8) is 0 Å². The molecule has 5 nitrogen and oxygen atoms in total. The van der Waals surface area contributed by atoms with E-state index in [2.05, 4.69) is 42.8 Å². The Morgan fingerprint density at radius 3 is 2.77 bits per heavy atom. The summed E-state index contributed by atoms with van der Waals surface area (Å²) in [6, 6.07) is 3.93. The number of halogens is 2. The Kier molecular flexibility index (Phi) is 10.1. The number of amides is 2. The lowest BCUT2D eigenvalue weighted by Gasteiger charge is -2.13. The molecule has 1 aromatic rings. The van der Waals surface area contributed by atoms with Crippen molar-refractivity contribution < 1.29 is 18.7 Å². The highest BCUT2D eigenvalue weighted by atomic mass is 35.5. The fourth-order valence-electron chi connectivity index (χ4n) is 3.12. The molecule has 0 bridgehead atoms. The molecule has 0 atom stereocenters. The third-order valence-electron chi connectivity index (χ3n) is 4.98. The van der Waals surface area contributed by atoms with Crippen LogP contribution in [0.3, 0.4) is 0 Å². The van der Waals surface area contributed by atoms with Gasteiger partial charge in [-0.3, -0.25) is 9.59 Å². The number of ether oxygens (including phenoxy) is 1. The molecule has 0 saturated heterocycles. The number of benzene rings is 1. The second-order valence-corrected chi connectivity index (χ2v) is 8.02. The van der Waals surface area contributed by atoms with Gasteiger partial charge >= 0.3 is 0 Å². The molecule has 0 aliphatic heterocycles. The molecule has 0 radical (unpaired) electrons.